The van der Waals surface area contributed by atoms with Gasteiger partial charge in [0.1, 0.15) is 4.83 Å². The van der Waals surface area contributed by atoms with Crippen molar-refractivity contribution in [1.82, 2.24) is 19.4 Å². The number of piperidine rings is 2. The van der Waals surface area contributed by atoms with Crippen LogP contribution in [0.4, 0.5) is 0 Å². The number of likely N-dealkylation sites (tertiary alicyclic amines) is 2. The average Bonchev–Trinajstić information content (AvgIpc) is 3.01. The first-order valence-electron chi connectivity index (χ1n) is 10.9. The molecule has 0 aromatic carbocycles. The molecule has 0 spiro atoms. The van der Waals surface area contributed by atoms with Crippen molar-refractivity contribution >= 4 is 27.5 Å². The molecule has 0 atom stereocenters. The number of carbonyl (C=O) groups excluding carboxylic acids is 1. The largest absolute Gasteiger partial charge is 0.388 e. The quantitative estimate of drug-likeness (QED) is 0.801. The Hall–Kier alpha value is -1.77. The fourth-order valence-corrected chi connectivity index (χ4v) is 5.53. The molecule has 7 nitrogen and oxygen atoms in total. The molecule has 2 aromatic rings. The van der Waals surface area contributed by atoms with E-state index in [0.29, 0.717) is 37.9 Å². The Labute approximate surface area is 181 Å². The van der Waals surface area contributed by atoms with Crippen LogP contribution < -0.4 is 5.56 Å². The summed E-state index contributed by atoms with van der Waals surface area (Å²) in [5.41, 5.74) is -0.107. The number of nitrogens with zero attached hydrogens (tertiary/aromatic N) is 4. The molecule has 0 radical (unpaired) electrons. The van der Waals surface area contributed by atoms with Crippen molar-refractivity contribution in [2.75, 3.05) is 32.7 Å². The van der Waals surface area contributed by atoms with Gasteiger partial charge >= 0.3 is 0 Å². The van der Waals surface area contributed by atoms with Crippen molar-refractivity contribution in [3.8, 4) is 0 Å². The Balaban J connectivity index is 1.38. The van der Waals surface area contributed by atoms with Crippen LogP contribution in [-0.4, -0.2) is 68.7 Å². The molecule has 2 aliphatic rings. The summed E-state index contributed by atoms with van der Waals surface area (Å²) in [5, 5.41) is 11.8. The summed E-state index contributed by atoms with van der Waals surface area (Å²) < 4.78 is 1.54. The molecular weight excluding hydrogens is 400 g/mol. The van der Waals surface area contributed by atoms with Gasteiger partial charge in [0.05, 0.1) is 30.4 Å². The maximum atomic E-state index is 12.9. The summed E-state index contributed by atoms with van der Waals surface area (Å²) in [7, 11) is 0. The zero-order valence-corrected chi connectivity index (χ0v) is 19.0. The summed E-state index contributed by atoms with van der Waals surface area (Å²) >= 11 is 1.53. The Morgan fingerprint density at radius 1 is 1.23 bits per heavy atom. The van der Waals surface area contributed by atoms with E-state index in [-0.39, 0.29) is 18.0 Å². The second-order valence-electron chi connectivity index (χ2n) is 9.20. The molecule has 0 bridgehead atoms. The molecule has 164 valence electrons. The zero-order valence-electron chi connectivity index (χ0n) is 18.2. The van der Waals surface area contributed by atoms with Gasteiger partial charge in [-0.25, -0.2) is 4.98 Å². The molecule has 2 fully saturated rings. The topological polar surface area (TPSA) is 78.7 Å². The minimum absolute atomic E-state index is 0.0897. The van der Waals surface area contributed by atoms with E-state index in [1.807, 2.05) is 18.7 Å². The maximum absolute atomic E-state index is 12.9. The number of hydrogen-bond donors (Lipinski definition) is 1. The third-order valence-electron chi connectivity index (χ3n) is 6.90. The smallest absolute Gasteiger partial charge is 0.262 e. The summed E-state index contributed by atoms with van der Waals surface area (Å²) in [4.78, 5) is 36.0. The van der Waals surface area contributed by atoms with Crippen molar-refractivity contribution in [3.05, 3.63) is 27.1 Å². The normalized spacial score (nSPS) is 20.7. The van der Waals surface area contributed by atoms with Crippen LogP contribution in [0, 0.1) is 19.8 Å². The highest BCUT2D eigenvalue weighted by molar-refractivity contribution is 7.18. The zero-order chi connectivity index (χ0) is 21.5. The van der Waals surface area contributed by atoms with Crippen LogP contribution in [-0.2, 0) is 11.3 Å². The van der Waals surface area contributed by atoms with E-state index in [2.05, 4.69) is 16.8 Å². The molecule has 30 heavy (non-hydrogen) atoms. The first-order chi connectivity index (χ1) is 14.3. The number of fused-ring (bicyclic) bond motifs is 1. The molecule has 4 heterocycles. The van der Waals surface area contributed by atoms with Gasteiger partial charge in [-0.3, -0.25) is 19.1 Å². The molecule has 1 amide bonds. The number of hydrogen-bond acceptors (Lipinski definition) is 6. The first kappa shape index (κ1) is 21.5. The number of amides is 1. The molecule has 2 aromatic heterocycles. The summed E-state index contributed by atoms with van der Waals surface area (Å²) in [6.07, 6.45) is 4.81. The van der Waals surface area contributed by atoms with Gasteiger partial charge in [0.15, 0.2) is 0 Å². The van der Waals surface area contributed by atoms with Crippen molar-refractivity contribution < 1.29 is 9.90 Å². The van der Waals surface area contributed by atoms with Gasteiger partial charge in [-0.1, -0.05) is 6.92 Å². The number of aryl methyl sites for hydroxylation is 2. The van der Waals surface area contributed by atoms with Crippen LogP contribution in [0.15, 0.2) is 11.1 Å². The Bertz CT molecular complexity index is 982. The molecular formula is C22H32N4O3S. The Morgan fingerprint density at radius 2 is 1.90 bits per heavy atom. The predicted molar refractivity (Wildman–Crippen MR) is 119 cm³/mol. The molecule has 0 unspecified atom stereocenters. The van der Waals surface area contributed by atoms with Crippen LogP contribution in [0.3, 0.4) is 0 Å². The number of aliphatic hydroxyl groups is 1. The fourth-order valence-electron chi connectivity index (χ4n) is 4.54. The second-order valence-corrected chi connectivity index (χ2v) is 10.4. The molecule has 0 aliphatic carbocycles. The minimum Gasteiger partial charge on any atom is -0.388 e. The lowest BCUT2D eigenvalue weighted by molar-refractivity contribution is -0.137. The van der Waals surface area contributed by atoms with E-state index in [0.717, 1.165) is 47.1 Å². The maximum Gasteiger partial charge on any atom is 0.262 e. The van der Waals surface area contributed by atoms with Gasteiger partial charge in [-0.05, 0) is 64.1 Å². The van der Waals surface area contributed by atoms with Crippen molar-refractivity contribution in [3.63, 3.8) is 0 Å². The third kappa shape index (κ3) is 4.31. The third-order valence-corrected chi connectivity index (χ3v) is 8.02. The monoisotopic (exact) mass is 432 g/mol. The average molecular weight is 433 g/mol. The molecule has 2 aliphatic heterocycles. The van der Waals surface area contributed by atoms with Gasteiger partial charge in [0.25, 0.3) is 5.56 Å². The van der Waals surface area contributed by atoms with E-state index >= 15 is 0 Å². The molecule has 2 saturated heterocycles. The first-order valence-corrected chi connectivity index (χ1v) is 11.7. The molecule has 1 N–H and O–H groups in total. The fraction of sp³-hybridized carbons (Fsp3) is 0.682. The number of carbonyl (C=O) groups is 1. The lowest BCUT2D eigenvalue weighted by Gasteiger charge is -2.39. The highest BCUT2D eigenvalue weighted by Gasteiger charge is 2.35. The van der Waals surface area contributed by atoms with Crippen LogP contribution >= 0.6 is 11.3 Å². The molecule has 8 heteroatoms. The van der Waals surface area contributed by atoms with Crippen molar-refractivity contribution in [1.29, 1.82) is 0 Å². The van der Waals surface area contributed by atoms with Gasteiger partial charge in [-0.15, -0.1) is 11.3 Å². The van der Waals surface area contributed by atoms with Gasteiger partial charge in [-0.2, -0.15) is 0 Å². The van der Waals surface area contributed by atoms with E-state index in [9.17, 15) is 14.7 Å². The van der Waals surface area contributed by atoms with Crippen LogP contribution in [0.25, 0.3) is 10.2 Å². The van der Waals surface area contributed by atoms with Gasteiger partial charge in [0.2, 0.25) is 5.91 Å². The Kier molecular flexibility index (Phi) is 6.01. The van der Waals surface area contributed by atoms with E-state index in [1.54, 1.807) is 6.33 Å². The van der Waals surface area contributed by atoms with E-state index < -0.39 is 5.60 Å². The Morgan fingerprint density at radius 3 is 2.57 bits per heavy atom. The predicted octanol–water partition coefficient (Wildman–Crippen LogP) is 2.16. The summed E-state index contributed by atoms with van der Waals surface area (Å²) in [5.74, 6) is 0.900. The second kappa shape index (κ2) is 8.40. The minimum atomic E-state index is -0.991. The number of thiophene rings is 1. The lowest BCUT2D eigenvalue weighted by atomic mass is 9.91. The van der Waals surface area contributed by atoms with Crippen LogP contribution in [0.1, 0.15) is 43.0 Å². The molecule has 4 rings (SSSR count). The van der Waals surface area contributed by atoms with Crippen LogP contribution in [0.2, 0.25) is 0 Å². The van der Waals surface area contributed by atoms with E-state index in [4.69, 9.17) is 0 Å². The lowest BCUT2D eigenvalue weighted by Crippen LogP contribution is -2.52. The highest BCUT2D eigenvalue weighted by atomic mass is 32.1. The van der Waals surface area contributed by atoms with Crippen molar-refractivity contribution in [2.24, 2.45) is 5.92 Å². The van der Waals surface area contributed by atoms with Crippen molar-refractivity contribution in [2.45, 2.75) is 58.6 Å². The van der Waals surface area contributed by atoms with Gasteiger partial charge in [0, 0.05) is 18.0 Å². The van der Waals surface area contributed by atoms with Crippen LogP contribution in [0.5, 0.6) is 0 Å². The standard InChI is InChI=1S/C22H32N4O3S/c1-15-4-8-24(9-5-15)12-18(27)25-10-6-22(29,7-11-25)13-26-14-23-20-19(21(26)28)16(2)17(3)30-20/h14-15,29H,4-13H2,1-3H3. The van der Waals surface area contributed by atoms with E-state index in [1.165, 1.54) is 15.9 Å². The van der Waals surface area contributed by atoms with Gasteiger partial charge < -0.3 is 10.0 Å². The number of aromatic nitrogens is 2. The highest BCUT2D eigenvalue weighted by Crippen LogP contribution is 2.27. The number of rotatable bonds is 4. The summed E-state index contributed by atoms with van der Waals surface area (Å²) in [6, 6.07) is 0. The SMILES string of the molecule is Cc1sc2ncn(CC3(O)CCN(C(=O)CN4CCC(C)CC4)CC3)c(=O)c2c1C. The summed E-state index contributed by atoms with van der Waals surface area (Å²) in [6.45, 7) is 9.94. The molecule has 0 saturated carbocycles.